The van der Waals surface area contributed by atoms with E-state index in [1.165, 1.54) is 18.2 Å². The fourth-order valence-electron chi connectivity index (χ4n) is 1.69. The standard InChI is InChI=1S/C14H9ClF3N3O3S/c15-7-3-4-10(22)9(6-7)12(24)21-20-11(23)8-2-1-5-19-13(8)25-14(16,17)18/h1-6,22H,(H,20,23)(H,21,24). The van der Waals surface area contributed by atoms with Crippen molar-refractivity contribution in [1.82, 2.24) is 15.8 Å². The summed E-state index contributed by atoms with van der Waals surface area (Å²) in [5.41, 5.74) is -1.28. The van der Waals surface area contributed by atoms with Crippen molar-refractivity contribution in [3.05, 3.63) is 52.7 Å². The minimum Gasteiger partial charge on any atom is -0.507 e. The lowest BCUT2D eigenvalue weighted by molar-refractivity contribution is -0.0329. The monoisotopic (exact) mass is 391 g/mol. The molecule has 0 saturated carbocycles. The van der Waals surface area contributed by atoms with Gasteiger partial charge >= 0.3 is 5.51 Å². The number of amides is 2. The molecule has 11 heteroatoms. The predicted molar refractivity (Wildman–Crippen MR) is 84.2 cm³/mol. The van der Waals surface area contributed by atoms with Gasteiger partial charge < -0.3 is 5.11 Å². The molecule has 0 aliphatic carbocycles. The van der Waals surface area contributed by atoms with Crippen LogP contribution in [0.4, 0.5) is 13.2 Å². The number of nitrogens with one attached hydrogen (secondary N) is 2. The molecule has 0 aliphatic heterocycles. The normalized spacial score (nSPS) is 11.0. The highest BCUT2D eigenvalue weighted by atomic mass is 35.5. The molecule has 2 amide bonds. The number of hydrazine groups is 1. The molecule has 0 atom stereocenters. The van der Waals surface area contributed by atoms with Crippen molar-refractivity contribution in [3.63, 3.8) is 0 Å². The SMILES string of the molecule is O=C(NNC(=O)c1cccnc1SC(F)(F)F)c1cc(Cl)ccc1O. The molecule has 3 N–H and O–H groups in total. The molecule has 2 aromatic rings. The summed E-state index contributed by atoms with van der Waals surface area (Å²) in [6, 6.07) is 6.09. The summed E-state index contributed by atoms with van der Waals surface area (Å²) in [5, 5.41) is 9.20. The first-order valence-electron chi connectivity index (χ1n) is 6.47. The number of thioether (sulfide) groups is 1. The number of benzene rings is 1. The summed E-state index contributed by atoms with van der Waals surface area (Å²) in [5.74, 6) is -2.29. The molecule has 0 fully saturated rings. The zero-order valence-corrected chi connectivity index (χ0v) is 13.7. The van der Waals surface area contributed by atoms with Crippen LogP contribution in [0.25, 0.3) is 0 Å². The van der Waals surface area contributed by atoms with E-state index in [1.807, 2.05) is 10.9 Å². The Hall–Kier alpha value is -2.46. The molecular weight excluding hydrogens is 383 g/mol. The van der Waals surface area contributed by atoms with Gasteiger partial charge in [0.05, 0.1) is 11.1 Å². The Balaban J connectivity index is 2.10. The maximum atomic E-state index is 12.5. The van der Waals surface area contributed by atoms with E-state index < -0.39 is 34.1 Å². The Morgan fingerprint density at radius 2 is 1.76 bits per heavy atom. The van der Waals surface area contributed by atoms with Gasteiger partial charge in [-0.15, -0.1) is 0 Å². The molecule has 0 bridgehead atoms. The maximum absolute atomic E-state index is 12.5. The predicted octanol–water partition coefficient (Wildman–Crippen LogP) is 3.13. The topological polar surface area (TPSA) is 91.3 Å². The van der Waals surface area contributed by atoms with Crippen molar-refractivity contribution in [2.24, 2.45) is 0 Å². The first-order valence-corrected chi connectivity index (χ1v) is 7.67. The van der Waals surface area contributed by atoms with Crippen LogP contribution in [0.15, 0.2) is 41.6 Å². The fraction of sp³-hybridized carbons (Fsp3) is 0.0714. The highest BCUT2D eigenvalue weighted by molar-refractivity contribution is 8.00. The number of aromatic nitrogens is 1. The summed E-state index contributed by atoms with van der Waals surface area (Å²) in [7, 11) is 0. The number of alkyl halides is 3. The van der Waals surface area contributed by atoms with E-state index in [4.69, 9.17) is 11.6 Å². The van der Waals surface area contributed by atoms with Crippen LogP contribution < -0.4 is 10.9 Å². The number of carbonyl (C=O) groups is 2. The zero-order valence-electron chi connectivity index (χ0n) is 12.1. The zero-order chi connectivity index (χ0) is 18.6. The maximum Gasteiger partial charge on any atom is 0.447 e. The van der Waals surface area contributed by atoms with E-state index in [0.29, 0.717) is 0 Å². The molecule has 0 aliphatic rings. The lowest BCUT2D eigenvalue weighted by Gasteiger charge is -2.11. The molecule has 25 heavy (non-hydrogen) atoms. The van der Waals surface area contributed by atoms with Crippen molar-refractivity contribution in [1.29, 1.82) is 0 Å². The smallest absolute Gasteiger partial charge is 0.447 e. The van der Waals surface area contributed by atoms with Crippen LogP contribution in [0.1, 0.15) is 20.7 Å². The first-order chi connectivity index (χ1) is 11.7. The third-order valence-electron chi connectivity index (χ3n) is 2.72. The van der Waals surface area contributed by atoms with E-state index in [2.05, 4.69) is 4.98 Å². The van der Waals surface area contributed by atoms with Gasteiger partial charge in [-0.1, -0.05) is 11.6 Å². The molecule has 0 saturated heterocycles. The molecule has 2 rings (SSSR count). The highest BCUT2D eigenvalue weighted by Gasteiger charge is 2.32. The second-order valence-electron chi connectivity index (χ2n) is 4.47. The van der Waals surface area contributed by atoms with E-state index in [-0.39, 0.29) is 21.9 Å². The molecule has 1 aromatic heterocycles. The van der Waals surface area contributed by atoms with Crippen molar-refractivity contribution in [3.8, 4) is 5.75 Å². The molecule has 0 unspecified atom stereocenters. The Morgan fingerprint density at radius 3 is 2.40 bits per heavy atom. The Labute approximate surface area is 148 Å². The second kappa shape index (κ2) is 7.62. The van der Waals surface area contributed by atoms with E-state index in [9.17, 15) is 27.9 Å². The number of halogens is 4. The van der Waals surface area contributed by atoms with E-state index in [0.717, 1.165) is 18.3 Å². The Kier molecular flexibility index (Phi) is 5.75. The number of hydrogen-bond acceptors (Lipinski definition) is 5. The van der Waals surface area contributed by atoms with Gasteiger partial charge in [-0.05, 0) is 30.3 Å². The van der Waals surface area contributed by atoms with Crippen LogP contribution in [0.2, 0.25) is 5.02 Å². The second-order valence-corrected chi connectivity index (χ2v) is 5.96. The van der Waals surface area contributed by atoms with Crippen molar-refractivity contribution in [2.45, 2.75) is 10.5 Å². The number of phenols is 1. The Bertz CT molecular complexity index is 817. The lowest BCUT2D eigenvalue weighted by Crippen LogP contribution is -2.42. The molecule has 0 spiro atoms. The average molecular weight is 392 g/mol. The minimum absolute atomic E-state index is 0.172. The molecule has 1 aromatic carbocycles. The fourth-order valence-corrected chi connectivity index (χ4v) is 2.47. The van der Waals surface area contributed by atoms with Crippen molar-refractivity contribution >= 4 is 35.2 Å². The number of aromatic hydroxyl groups is 1. The van der Waals surface area contributed by atoms with Crippen molar-refractivity contribution < 1.29 is 27.9 Å². The van der Waals surface area contributed by atoms with Gasteiger partial charge in [0.25, 0.3) is 11.8 Å². The van der Waals surface area contributed by atoms with Crippen molar-refractivity contribution in [2.75, 3.05) is 0 Å². The number of carbonyl (C=O) groups excluding carboxylic acids is 2. The number of pyridine rings is 1. The summed E-state index contributed by atoms with van der Waals surface area (Å²) < 4.78 is 37.5. The van der Waals surface area contributed by atoms with Gasteiger partial charge in [-0.3, -0.25) is 20.4 Å². The minimum atomic E-state index is -4.63. The van der Waals surface area contributed by atoms with Crippen LogP contribution in [0.5, 0.6) is 5.75 Å². The molecule has 132 valence electrons. The van der Waals surface area contributed by atoms with Gasteiger partial charge in [0.2, 0.25) is 0 Å². The number of hydrogen-bond donors (Lipinski definition) is 3. The summed E-state index contributed by atoms with van der Waals surface area (Å²) in [4.78, 5) is 27.4. The van der Waals surface area contributed by atoms with Gasteiger partial charge in [-0.25, -0.2) is 4.98 Å². The first kappa shape index (κ1) is 18.9. The van der Waals surface area contributed by atoms with E-state index in [1.54, 1.807) is 0 Å². The summed E-state index contributed by atoms with van der Waals surface area (Å²) in [6.07, 6.45) is 1.10. The van der Waals surface area contributed by atoms with Crippen LogP contribution in [0, 0.1) is 0 Å². The average Bonchev–Trinajstić information content (AvgIpc) is 2.53. The quantitative estimate of drug-likeness (QED) is 0.552. The van der Waals surface area contributed by atoms with Gasteiger partial charge in [0.15, 0.2) is 0 Å². The molecule has 6 nitrogen and oxygen atoms in total. The largest absolute Gasteiger partial charge is 0.507 e. The van der Waals surface area contributed by atoms with Gasteiger partial charge in [0.1, 0.15) is 10.8 Å². The third-order valence-corrected chi connectivity index (χ3v) is 3.71. The summed E-state index contributed by atoms with van der Waals surface area (Å²) in [6.45, 7) is 0. The molecule has 1 heterocycles. The van der Waals surface area contributed by atoms with Gasteiger partial charge in [-0.2, -0.15) is 13.2 Å². The molecular formula is C14H9ClF3N3O3S. The number of nitrogens with zero attached hydrogens (tertiary/aromatic N) is 1. The third kappa shape index (κ3) is 5.26. The van der Waals surface area contributed by atoms with Crippen LogP contribution in [-0.2, 0) is 0 Å². The van der Waals surface area contributed by atoms with Crippen LogP contribution in [0.3, 0.4) is 0 Å². The van der Waals surface area contributed by atoms with Crippen LogP contribution in [-0.4, -0.2) is 27.4 Å². The Morgan fingerprint density at radius 1 is 1.12 bits per heavy atom. The number of rotatable bonds is 3. The van der Waals surface area contributed by atoms with Crippen LogP contribution >= 0.6 is 23.4 Å². The number of phenolic OH excluding ortho intramolecular Hbond substituents is 1. The lowest BCUT2D eigenvalue weighted by atomic mass is 10.2. The molecule has 0 radical (unpaired) electrons. The van der Waals surface area contributed by atoms with E-state index >= 15 is 0 Å². The van der Waals surface area contributed by atoms with Gasteiger partial charge in [0, 0.05) is 23.0 Å². The summed E-state index contributed by atoms with van der Waals surface area (Å²) >= 11 is 5.15. The highest BCUT2D eigenvalue weighted by Crippen LogP contribution is 2.37.